The van der Waals surface area contributed by atoms with Crippen LogP contribution in [0.15, 0.2) is 0 Å². The smallest absolute Gasteiger partial charge is 0.187 e. The van der Waals surface area contributed by atoms with Crippen molar-refractivity contribution in [2.45, 2.75) is 137 Å². The molecule has 5 rings (SSSR count). The molecular formula is C26H44O15. The lowest BCUT2D eigenvalue weighted by atomic mass is 9.72. The first-order chi connectivity index (χ1) is 19.5. The van der Waals surface area contributed by atoms with Crippen LogP contribution in [0.1, 0.15) is 38.5 Å². The van der Waals surface area contributed by atoms with Gasteiger partial charge in [0.1, 0.15) is 42.7 Å². The van der Waals surface area contributed by atoms with E-state index in [2.05, 4.69) is 0 Å². The predicted molar refractivity (Wildman–Crippen MR) is 133 cm³/mol. The summed E-state index contributed by atoms with van der Waals surface area (Å²) in [4.78, 5) is 0. The van der Waals surface area contributed by atoms with Crippen LogP contribution in [-0.2, 0) is 23.7 Å². The van der Waals surface area contributed by atoms with E-state index in [9.17, 15) is 51.1 Å². The van der Waals surface area contributed by atoms with Crippen molar-refractivity contribution in [1.29, 1.82) is 0 Å². The van der Waals surface area contributed by atoms with Crippen LogP contribution in [-0.4, -0.2) is 162 Å². The number of fused-ring (bicyclic) bond motifs is 1. The van der Waals surface area contributed by atoms with Gasteiger partial charge in [0.25, 0.3) is 0 Å². The van der Waals surface area contributed by atoms with Gasteiger partial charge in [0, 0.05) is 5.92 Å². The van der Waals surface area contributed by atoms with Gasteiger partial charge in [0.15, 0.2) is 12.6 Å². The summed E-state index contributed by atoms with van der Waals surface area (Å²) in [5.74, 6) is -0.686. The minimum Gasteiger partial charge on any atom is -0.394 e. The average molecular weight is 597 g/mol. The lowest BCUT2D eigenvalue weighted by molar-refractivity contribution is -0.371. The molecule has 0 aromatic heterocycles. The molecule has 3 heterocycles. The Kier molecular flexibility index (Phi) is 10.2. The van der Waals surface area contributed by atoms with E-state index in [4.69, 9.17) is 23.7 Å². The van der Waals surface area contributed by atoms with E-state index in [-0.39, 0.29) is 31.8 Å². The minimum atomic E-state index is -1.70. The number of hydrogen-bond donors (Lipinski definition) is 10. The molecule has 18 atom stereocenters. The zero-order chi connectivity index (χ0) is 29.6. The molecule has 0 aromatic carbocycles. The van der Waals surface area contributed by atoms with E-state index in [1.807, 2.05) is 0 Å². The van der Waals surface area contributed by atoms with Crippen LogP contribution in [0.25, 0.3) is 0 Å². The molecule has 5 aliphatic rings. The monoisotopic (exact) mass is 596 g/mol. The molecule has 10 N–H and O–H groups in total. The molecule has 2 saturated carbocycles. The molecule has 3 saturated heterocycles. The SMILES string of the molecule is OCC1OC(OC2CC3C(O)CC(O)CC3OC2C2CCC(O)C(O)C2)C(OC2OCC(O)C(O)C2O)C(O)C1O. The molecule has 15 nitrogen and oxygen atoms in total. The third-order valence-electron chi connectivity index (χ3n) is 9.36. The average Bonchev–Trinajstić information content (AvgIpc) is 2.94. The fraction of sp³-hybridized carbons (Fsp3) is 1.00. The highest BCUT2D eigenvalue weighted by Gasteiger charge is 2.53. The van der Waals surface area contributed by atoms with Gasteiger partial charge in [-0.1, -0.05) is 0 Å². The normalized spacial score (nSPS) is 54.9. The van der Waals surface area contributed by atoms with Crippen molar-refractivity contribution in [2.75, 3.05) is 13.2 Å². The van der Waals surface area contributed by atoms with Gasteiger partial charge >= 0.3 is 0 Å². The van der Waals surface area contributed by atoms with Crippen LogP contribution in [0.4, 0.5) is 0 Å². The van der Waals surface area contributed by atoms with Gasteiger partial charge in [0.05, 0.1) is 55.9 Å². The summed E-state index contributed by atoms with van der Waals surface area (Å²) in [5.41, 5.74) is 0. The molecule has 0 aromatic rings. The summed E-state index contributed by atoms with van der Waals surface area (Å²) in [7, 11) is 0. The topological polar surface area (TPSA) is 248 Å². The summed E-state index contributed by atoms with van der Waals surface area (Å²) in [6, 6.07) is 0. The maximum absolute atomic E-state index is 11.0. The standard InChI is InChI=1S/C26H44O15/c27-7-18-20(34)21(35)24(41-25-22(36)19(33)15(32)8-37-25)26(40-18)39-17-6-11-13(30)4-10(28)5-16(11)38-23(17)9-1-2-12(29)14(31)3-9/h9-36H,1-8H2. The number of aliphatic hydroxyl groups is 10. The largest absolute Gasteiger partial charge is 0.394 e. The first kappa shape index (κ1) is 31.8. The molecule has 15 heteroatoms. The van der Waals surface area contributed by atoms with E-state index < -0.39 is 111 Å². The third-order valence-corrected chi connectivity index (χ3v) is 9.36. The predicted octanol–water partition coefficient (Wildman–Crippen LogP) is -4.55. The molecule has 41 heavy (non-hydrogen) atoms. The first-order valence-electron chi connectivity index (χ1n) is 14.4. The molecule has 0 radical (unpaired) electrons. The quantitative estimate of drug-likeness (QED) is 0.139. The van der Waals surface area contributed by atoms with Crippen LogP contribution >= 0.6 is 0 Å². The Labute approximate surface area is 236 Å². The number of hydrogen-bond acceptors (Lipinski definition) is 15. The van der Waals surface area contributed by atoms with Gasteiger partial charge in [0.2, 0.25) is 0 Å². The summed E-state index contributed by atoms with van der Waals surface area (Å²) in [5, 5.41) is 103. The molecule has 238 valence electrons. The summed E-state index contributed by atoms with van der Waals surface area (Å²) < 4.78 is 29.7. The van der Waals surface area contributed by atoms with Gasteiger partial charge < -0.3 is 74.7 Å². The number of aliphatic hydroxyl groups excluding tert-OH is 10. The highest BCUT2D eigenvalue weighted by Crippen LogP contribution is 2.43. The Hall–Kier alpha value is -0.600. The van der Waals surface area contributed by atoms with E-state index in [0.29, 0.717) is 19.3 Å². The summed E-state index contributed by atoms with van der Waals surface area (Å²) in [6.45, 7) is -1.04. The summed E-state index contributed by atoms with van der Waals surface area (Å²) >= 11 is 0. The maximum Gasteiger partial charge on any atom is 0.187 e. The minimum absolute atomic E-state index is 0.157. The maximum atomic E-state index is 11.0. The molecule has 5 fully saturated rings. The summed E-state index contributed by atoms with van der Waals surface area (Å²) in [6.07, 6.45) is -17.4. The van der Waals surface area contributed by atoms with Crippen molar-refractivity contribution < 1.29 is 74.7 Å². The second kappa shape index (κ2) is 13.2. The molecule has 0 amide bonds. The number of ether oxygens (including phenoxy) is 5. The van der Waals surface area contributed by atoms with Crippen molar-refractivity contribution in [2.24, 2.45) is 11.8 Å². The second-order valence-corrected chi connectivity index (χ2v) is 12.2. The van der Waals surface area contributed by atoms with Gasteiger partial charge in [-0.05, 0) is 44.4 Å². The fourth-order valence-electron chi connectivity index (χ4n) is 6.94. The highest BCUT2D eigenvalue weighted by atomic mass is 16.8. The number of rotatable bonds is 6. The van der Waals surface area contributed by atoms with Crippen LogP contribution in [0.3, 0.4) is 0 Å². The Balaban J connectivity index is 1.39. The molecular weight excluding hydrogens is 552 g/mol. The molecule has 0 spiro atoms. The Morgan fingerprint density at radius 2 is 1.39 bits per heavy atom. The molecule has 3 aliphatic heterocycles. The molecule has 2 aliphatic carbocycles. The second-order valence-electron chi connectivity index (χ2n) is 12.2. The Bertz CT molecular complexity index is 852. The van der Waals surface area contributed by atoms with Crippen molar-refractivity contribution in [3.63, 3.8) is 0 Å². The highest BCUT2D eigenvalue weighted by molar-refractivity contribution is 4.99. The van der Waals surface area contributed by atoms with Gasteiger partial charge in [-0.3, -0.25) is 0 Å². The Morgan fingerprint density at radius 1 is 0.634 bits per heavy atom. The van der Waals surface area contributed by atoms with Crippen molar-refractivity contribution >= 4 is 0 Å². The van der Waals surface area contributed by atoms with E-state index in [1.165, 1.54) is 0 Å². The lowest BCUT2D eigenvalue weighted by Crippen LogP contribution is -2.64. The van der Waals surface area contributed by atoms with Gasteiger partial charge in [-0.15, -0.1) is 0 Å². The lowest BCUT2D eigenvalue weighted by Gasteiger charge is -2.51. The molecule has 0 bridgehead atoms. The van der Waals surface area contributed by atoms with Crippen molar-refractivity contribution in [1.82, 2.24) is 0 Å². The van der Waals surface area contributed by atoms with Crippen LogP contribution in [0, 0.1) is 11.8 Å². The van der Waals surface area contributed by atoms with Crippen LogP contribution in [0.5, 0.6) is 0 Å². The zero-order valence-corrected chi connectivity index (χ0v) is 22.6. The van der Waals surface area contributed by atoms with Crippen molar-refractivity contribution in [3.8, 4) is 0 Å². The van der Waals surface area contributed by atoms with E-state index in [0.717, 1.165) is 0 Å². The molecule has 18 unspecified atom stereocenters. The Morgan fingerprint density at radius 3 is 2.10 bits per heavy atom. The van der Waals surface area contributed by atoms with Gasteiger partial charge in [-0.25, -0.2) is 0 Å². The van der Waals surface area contributed by atoms with Crippen LogP contribution < -0.4 is 0 Å². The zero-order valence-electron chi connectivity index (χ0n) is 22.6. The van der Waals surface area contributed by atoms with Crippen LogP contribution in [0.2, 0.25) is 0 Å². The first-order valence-corrected chi connectivity index (χ1v) is 14.4. The van der Waals surface area contributed by atoms with Crippen molar-refractivity contribution in [3.05, 3.63) is 0 Å². The fourth-order valence-corrected chi connectivity index (χ4v) is 6.94. The van der Waals surface area contributed by atoms with E-state index in [1.54, 1.807) is 0 Å². The third kappa shape index (κ3) is 6.60. The van der Waals surface area contributed by atoms with E-state index >= 15 is 0 Å². The van der Waals surface area contributed by atoms with Gasteiger partial charge in [-0.2, -0.15) is 0 Å².